The van der Waals surface area contributed by atoms with Gasteiger partial charge in [0.1, 0.15) is 0 Å². The number of pyridine rings is 1. The second kappa shape index (κ2) is 5.19. The van der Waals surface area contributed by atoms with Crippen molar-refractivity contribution in [2.24, 2.45) is 5.73 Å². The molecule has 2 rings (SSSR count). The van der Waals surface area contributed by atoms with Gasteiger partial charge in [-0.1, -0.05) is 23.7 Å². The van der Waals surface area contributed by atoms with E-state index in [4.69, 9.17) is 17.3 Å². The molecular weight excluding hydrogens is 277 g/mol. The smallest absolute Gasteiger partial charge is 0.326 e. The van der Waals surface area contributed by atoms with E-state index in [1.165, 1.54) is 12.3 Å². The zero-order valence-electron chi connectivity index (χ0n) is 9.71. The first-order valence-electron chi connectivity index (χ1n) is 5.43. The van der Waals surface area contributed by atoms with Crippen molar-refractivity contribution in [2.45, 2.75) is 12.7 Å². The van der Waals surface area contributed by atoms with E-state index in [2.05, 4.69) is 4.98 Å². The van der Waals surface area contributed by atoms with Gasteiger partial charge in [-0.25, -0.2) is 0 Å². The van der Waals surface area contributed by atoms with Crippen LogP contribution in [0.15, 0.2) is 36.7 Å². The van der Waals surface area contributed by atoms with E-state index in [1.807, 2.05) is 0 Å². The van der Waals surface area contributed by atoms with Crippen LogP contribution in [0.4, 0.5) is 13.2 Å². The zero-order valence-corrected chi connectivity index (χ0v) is 10.5. The molecular formula is C13H10ClF3N2. The normalized spacial score (nSPS) is 11.6. The van der Waals surface area contributed by atoms with Crippen molar-refractivity contribution >= 4 is 11.6 Å². The number of alkyl halides is 3. The molecule has 0 atom stereocenters. The summed E-state index contributed by atoms with van der Waals surface area (Å²) in [5, 5.41) is 0.344. The number of nitrogens with two attached hydrogens (primary N) is 1. The maximum absolute atomic E-state index is 12.9. The first kappa shape index (κ1) is 13.8. The van der Waals surface area contributed by atoms with Gasteiger partial charge >= 0.3 is 6.18 Å². The Hall–Kier alpha value is -1.59. The van der Waals surface area contributed by atoms with E-state index in [9.17, 15) is 13.2 Å². The highest BCUT2D eigenvalue weighted by Gasteiger charge is 2.33. The van der Waals surface area contributed by atoms with E-state index in [0.29, 0.717) is 16.1 Å². The molecule has 0 fully saturated rings. The lowest BCUT2D eigenvalue weighted by atomic mass is 10.0. The first-order chi connectivity index (χ1) is 8.93. The molecule has 1 heterocycles. The zero-order chi connectivity index (χ0) is 14.0. The van der Waals surface area contributed by atoms with Crippen LogP contribution in [0.2, 0.25) is 5.02 Å². The Labute approximate surface area is 113 Å². The summed E-state index contributed by atoms with van der Waals surface area (Å²) in [5.41, 5.74) is 5.77. The second-order valence-electron chi connectivity index (χ2n) is 3.93. The maximum Gasteiger partial charge on any atom is 0.417 e. The Balaban J connectivity index is 2.57. The molecule has 1 aromatic carbocycles. The summed E-state index contributed by atoms with van der Waals surface area (Å²) in [7, 11) is 0. The Bertz CT molecular complexity index is 597. The lowest BCUT2D eigenvalue weighted by molar-refractivity contribution is -0.137. The predicted molar refractivity (Wildman–Crippen MR) is 67.6 cm³/mol. The fourth-order valence-corrected chi connectivity index (χ4v) is 2.01. The Morgan fingerprint density at radius 1 is 1.21 bits per heavy atom. The average Bonchev–Trinajstić information content (AvgIpc) is 2.37. The van der Waals surface area contributed by atoms with Crippen molar-refractivity contribution in [3.8, 4) is 11.1 Å². The first-order valence-corrected chi connectivity index (χ1v) is 5.81. The third-order valence-corrected chi connectivity index (χ3v) is 3.06. The van der Waals surface area contributed by atoms with Crippen molar-refractivity contribution in [1.82, 2.24) is 4.98 Å². The third-order valence-electron chi connectivity index (χ3n) is 2.71. The van der Waals surface area contributed by atoms with E-state index >= 15 is 0 Å². The third kappa shape index (κ3) is 2.88. The molecule has 1 aromatic heterocycles. The fourth-order valence-electron chi connectivity index (χ4n) is 1.75. The molecule has 2 aromatic rings. The van der Waals surface area contributed by atoms with E-state index in [-0.39, 0.29) is 12.1 Å². The minimum atomic E-state index is -4.43. The Morgan fingerprint density at radius 3 is 2.53 bits per heavy atom. The maximum atomic E-state index is 12.9. The minimum absolute atomic E-state index is 0.000437. The van der Waals surface area contributed by atoms with Crippen LogP contribution < -0.4 is 5.73 Å². The highest BCUT2D eigenvalue weighted by Crippen LogP contribution is 2.37. The standard InChI is InChI=1S/C13H10ClF3N2/c14-12-5-8(1-2-9(12)6-18)10-7-19-4-3-11(10)13(15,16)17/h1-5,7H,6,18H2. The Kier molecular flexibility index (Phi) is 3.78. The number of halogens is 4. The van der Waals surface area contributed by atoms with Crippen LogP contribution >= 0.6 is 11.6 Å². The van der Waals surface area contributed by atoms with Gasteiger partial charge in [-0.05, 0) is 23.3 Å². The van der Waals surface area contributed by atoms with Gasteiger partial charge in [-0.2, -0.15) is 13.2 Å². The molecule has 0 aliphatic rings. The highest BCUT2D eigenvalue weighted by atomic mass is 35.5. The van der Waals surface area contributed by atoms with Gasteiger partial charge in [0.25, 0.3) is 0 Å². The van der Waals surface area contributed by atoms with Gasteiger partial charge < -0.3 is 5.73 Å². The Morgan fingerprint density at radius 2 is 1.95 bits per heavy atom. The van der Waals surface area contributed by atoms with Crippen molar-refractivity contribution in [1.29, 1.82) is 0 Å². The largest absolute Gasteiger partial charge is 0.417 e. The van der Waals surface area contributed by atoms with Gasteiger partial charge in [-0.3, -0.25) is 4.98 Å². The number of aromatic nitrogens is 1. The predicted octanol–water partition coefficient (Wildman–Crippen LogP) is 3.88. The van der Waals surface area contributed by atoms with Crippen molar-refractivity contribution < 1.29 is 13.2 Å². The molecule has 0 saturated heterocycles. The molecule has 0 bridgehead atoms. The number of hydrogen-bond donors (Lipinski definition) is 1. The molecule has 0 aliphatic carbocycles. The molecule has 0 aliphatic heterocycles. The summed E-state index contributed by atoms with van der Waals surface area (Å²) in [5.74, 6) is 0. The van der Waals surface area contributed by atoms with Crippen molar-refractivity contribution in [3.05, 3.63) is 52.8 Å². The number of rotatable bonds is 2. The minimum Gasteiger partial charge on any atom is -0.326 e. The molecule has 19 heavy (non-hydrogen) atoms. The van der Waals surface area contributed by atoms with Gasteiger partial charge in [0.05, 0.1) is 5.56 Å². The van der Waals surface area contributed by atoms with Crippen molar-refractivity contribution in [3.63, 3.8) is 0 Å². The summed E-state index contributed by atoms with van der Waals surface area (Å²) >= 11 is 5.96. The number of hydrogen-bond acceptors (Lipinski definition) is 2. The monoisotopic (exact) mass is 286 g/mol. The summed E-state index contributed by atoms with van der Waals surface area (Å²) in [6, 6.07) is 5.58. The average molecular weight is 287 g/mol. The molecule has 100 valence electrons. The number of benzene rings is 1. The summed E-state index contributed by atoms with van der Waals surface area (Å²) in [6.45, 7) is 0.234. The highest BCUT2D eigenvalue weighted by molar-refractivity contribution is 6.31. The van der Waals surface area contributed by atoms with Crippen LogP contribution in [-0.2, 0) is 12.7 Å². The van der Waals surface area contributed by atoms with Crippen LogP contribution in [0.25, 0.3) is 11.1 Å². The lowest BCUT2D eigenvalue weighted by Crippen LogP contribution is -2.07. The van der Waals surface area contributed by atoms with Gasteiger partial charge in [0.15, 0.2) is 0 Å². The van der Waals surface area contributed by atoms with Crippen LogP contribution in [0.3, 0.4) is 0 Å². The quantitative estimate of drug-likeness (QED) is 0.910. The summed E-state index contributed by atoms with van der Waals surface area (Å²) in [4.78, 5) is 3.74. The molecule has 0 unspecified atom stereocenters. The summed E-state index contributed by atoms with van der Waals surface area (Å²) in [6.07, 6.45) is -2.14. The molecule has 2 nitrogen and oxygen atoms in total. The van der Waals surface area contributed by atoms with Crippen molar-refractivity contribution in [2.75, 3.05) is 0 Å². The van der Waals surface area contributed by atoms with Gasteiger partial charge in [0.2, 0.25) is 0 Å². The summed E-state index contributed by atoms with van der Waals surface area (Å²) < 4.78 is 38.7. The molecule has 0 amide bonds. The SMILES string of the molecule is NCc1ccc(-c2cnccc2C(F)(F)F)cc1Cl. The molecule has 2 N–H and O–H groups in total. The fraction of sp³-hybridized carbons (Fsp3) is 0.154. The van der Waals surface area contributed by atoms with Gasteiger partial charge in [-0.15, -0.1) is 0 Å². The van der Waals surface area contributed by atoms with Crippen LogP contribution in [-0.4, -0.2) is 4.98 Å². The van der Waals surface area contributed by atoms with Crippen LogP contribution in [0.1, 0.15) is 11.1 Å². The lowest BCUT2D eigenvalue weighted by Gasteiger charge is -2.13. The van der Waals surface area contributed by atoms with E-state index < -0.39 is 11.7 Å². The second-order valence-corrected chi connectivity index (χ2v) is 4.34. The molecule has 0 radical (unpaired) electrons. The topological polar surface area (TPSA) is 38.9 Å². The van der Waals surface area contributed by atoms with Crippen LogP contribution in [0, 0.1) is 0 Å². The number of nitrogens with zero attached hydrogens (tertiary/aromatic N) is 1. The molecule has 6 heteroatoms. The van der Waals surface area contributed by atoms with Crippen LogP contribution in [0.5, 0.6) is 0 Å². The molecule has 0 spiro atoms. The molecule has 0 saturated carbocycles. The van der Waals surface area contributed by atoms with E-state index in [1.54, 1.807) is 12.1 Å². The van der Waals surface area contributed by atoms with E-state index in [0.717, 1.165) is 12.3 Å². The van der Waals surface area contributed by atoms with Gasteiger partial charge in [0, 0.05) is 29.5 Å².